The number of hydrogen-bond donors (Lipinski definition) is 1. The summed E-state index contributed by atoms with van der Waals surface area (Å²) in [7, 11) is 1.65. The molecule has 0 atom stereocenters. The van der Waals surface area contributed by atoms with Gasteiger partial charge >= 0.3 is 0 Å². The number of nitrogens with zero attached hydrogens (tertiary/aromatic N) is 2. The molecule has 1 aromatic rings. The van der Waals surface area contributed by atoms with E-state index in [9.17, 15) is 0 Å². The molecule has 2 rings (SSSR count). The van der Waals surface area contributed by atoms with Crippen molar-refractivity contribution in [3.05, 3.63) is 17.6 Å². The fraction of sp³-hybridized carbons (Fsp3) is 0.600. The first-order valence-electron chi connectivity index (χ1n) is 4.89. The normalized spacial score (nSPS) is 15.8. The Morgan fingerprint density at radius 2 is 2.29 bits per heavy atom. The third-order valence-electron chi connectivity index (χ3n) is 2.31. The monoisotopic (exact) mass is 193 g/mol. The molecule has 1 heterocycles. The lowest BCUT2D eigenvalue weighted by atomic mass is 10.2. The van der Waals surface area contributed by atoms with Gasteiger partial charge in [0.15, 0.2) is 0 Å². The molecule has 0 radical (unpaired) electrons. The Hall–Kier alpha value is -1.16. The zero-order chi connectivity index (χ0) is 9.97. The third-order valence-corrected chi connectivity index (χ3v) is 2.31. The second kappa shape index (κ2) is 3.92. The van der Waals surface area contributed by atoms with Gasteiger partial charge < -0.3 is 10.5 Å². The molecule has 1 aliphatic rings. The molecule has 0 bridgehead atoms. The smallest absolute Gasteiger partial charge is 0.131 e. The second-order valence-electron chi connectivity index (χ2n) is 3.78. The van der Waals surface area contributed by atoms with Gasteiger partial charge in [-0.2, -0.15) is 0 Å². The minimum Gasteiger partial charge on any atom is -0.384 e. The molecular formula is C10H15N3O. The largest absolute Gasteiger partial charge is 0.384 e. The number of anilines is 1. The van der Waals surface area contributed by atoms with Gasteiger partial charge in [-0.15, -0.1) is 0 Å². The van der Waals surface area contributed by atoms with Gasteiger partial charge in [0.25, 0.3) is 0 Å². The van der Waals surface area contributed by atoms with Crippen LogP contribution >= 0.6 is 0 Å². The van der Waals surface area contributed by atoms with E-state index in [1.54, 1.807) is 13.2 Å². The summed E-state index contributed by atoms with van der Waals surface area (Å²) in [6.45, 7) is 0.504. The average Bonchev–Trinajstić information content (AvgIpc) is 2.87. The van der Waals surface area contributed by atoms with E-state index >= 15 is 0 Å². The minimum absolute atomic E-state index is 0.504. The van der Waals surface area contributed by atoms with Crippen LogP contribution in [-0.4, -0.2) is 17.1 Å². The van der Waals surface area contributed by atoms with Crippen LogP contribution in [0.1, 0.15) is 24.4 Å². The SMILES string of the molecule is COCc1cc(N)nc(CC2CC2)n1. The first-order valence-corrected chi connectivity index (χ1v) is 4.89. The van der Waals surface area contributed by atoms with E-state index in [1.165, 1.54) is 12.8 Å². The number of aromatic nitrogens is 2. The van der Waals surface area contributed by atoms with Gasteiger partial charge in [-0.25, -0.2) is 9.97 Å². The van der Waals surface area contributed by atoms with E-state index in [-0.39, 0.29) is 0 Å². The molecule has 1 fully saturated rings. The molecule has 0 unspecified atom stereocenters. The molecular weight excluding hydrogens is 178 g/mol. The lowest BCUT2D eigenvalue weighted by Crippen LogP contribution is -2.04. The van der Waals surface area contributed by atoms with Crippen LogP contribution in [0.3, 0.4) is 0 Å². The summed E-state index contributed by atoms with van der Waals surface area (Å²) in [5.74, 6) is 2.19. The highest BCUT2D eigenvalue weighted by molar-refractivity contribution is 5.29. The van der Waals surface area contributed by atoms with Gasteiger partial charge in [0.1, 0.15) is 11.6 Å². The maximum absolute atomic E-state index is 5.68. The maximum Gasteiger partial charge on any atom is 0.131 e. The average molecular weight is 193 g/mol. The van der Waals surface area contributed by atoms with Crippen molar-refractivity contribution in [2.75, 3.05) is 12.8 Å². The van der Waals surface area contributed by atoms with E-state index in [0.717, 1.165) is 23.9 Å². The molecule has 0 saturated heterocycles. The Bertz CT molecular complexity index is 323. The number of rotatable bonds is 4. The van der Waals surface area contributed by atoms with Crippen LogP contribution in [0.5, 0.6) is 0 Å². The molecule has 14 heavy (non-hydrogen) atoms. The Labute approximate surface area is 83.5 Å². The van der Waals surface area contributed by atoms with E-state index in [1.807, 2.05) is 0 Å². The number of hydrogen-bond acceptors (Lipinski definition) is 4. The molecule has 4 heteroatoms. The molecule has 0 aliphatic heterocycles. The number of nitrogens with two attached hydrogens (primary N) is 1. The Morgan fingerprint density at radius 1 is 1.50 bits per heavy atom. The number of nitrogen functional groups attached to an aromatic ring is 1. The van der Waals surface area contributed by atoms with Crippen LogP contribution in [-0.2, 0) is 17.8 Å². The summed E-state index contributed by atoms with van der Waals surface area (Å²) in [6, 6.07) is 1.76. The van der Waals surface area contributed by atoms with Crippen molar-refractivity contribution in [1.82, 2.24) is 9.97 Å². The lowest BCUT2D eigenvalue weighted by Gasteiger charge is -2.04. The van der Waals surface area contributed by atoms with Crippen LogP contribution in [0, 0.1) is 5.92 Å². The molecule has 0 aromatic carbocycles. The summed E-state index contributed by atoms with van der Waals surface area (Å²) < 4.78 is 5.01. The number of methoxy groups -OCH3 is 1. The molecule has 2 N–H and O–H groups in total. The topological polar surface area (TPSA) is 61.0 Å². The standard InChI is InChI=1S/C10H15N3O/c1-14-6-8-5-9(11)13-10(12-8)4-7-2-3-7/h5,7H,2-4,6H2,1H3,(H2,11,12,13). The Morgan fingerprint density at radius 3 is 2.93 bits per heavy atom. The van der Waals surface area contributed by atoms with Gasteiger partial charge in [0.05, 0.1) is 12.3 Å². The van der Waals surface area contributed by atoms with Gasteiger partial charge in [0.2, 0.25) is 0 Å². The predicted octanol–water partition coefficient (Wildman–Crippen LogP) is 1.16. The highest BCUT2D eigenvalue weighted by Crippen LogP contribution is 2.31. The molecule has 1 aliphatic carbocycles. The van der Waals surface area contributed by atoms with Crippen molar-refractivity contribution in [3.8, 4) is 0 Å². The zero-order valence-electron chi connectivity index (χ0n) is 8.36. The molecule has 76 valence electrons. The molecule has 1 saturated carbocycles. The first-order chi connectivity index (χ1) is 6.78. The molecule has 1 aromatic heterocycles. The highest BCUT2D eigenvalue weighted by Gasteiger charge is 2.23. The third kappa shape index (κ3) is 2.42. The van der Waals surface area contributed by atoms with Gasteiger partial charge in [-0.05, 0) is 18.8 Å². The summed E-state index contributed by atoms with van der Waals surface area (Å²) in [6.07, 6.45) is 3.57. The van der Waals surface area contributed by atoms with Crippen LogP contribution in [0.2, 0.25) is 0 Å². The fourth-order valence-electron chi connectivity index (χ4n) is 1.47. The highest BCUT2D eigenvalue weighted by atomic mass is 16.5. The summed E-state index contributed by atoms with van der Waals surface area (Å²) >= 11 is 0. The van der Waals surface area contributed by atoms with Gasteiger partial charge in [-0.3, -0.25) is 0 Å². The quantitative estimate of drug-likeness (QED) is 0.779. The molecule has 0 amide bonds. The summed E-state index contributed by atoms with van der Waals surface area (Å²) in [5.41, 5.74) is 6.55. The first kappa shape index (κ1) is 9.40. The van der Waals surface area contributed by atoms with E-state index in [2.05, 4.69) is 9.97 Å². The van der Waals surface area contributed by atoms with Crippen LogP contribution in [0.25, 0.3) is 0 Å². The van der Waals surface area contributed by atoms with Crippen LogP contribution in [0.4, 0.5) is 5.82 Å². The van der Waals surface area contributed by atoms with Crippen molar-refractivity contribution in [2.24, 2.45) is 5.92 Å². The van der Waals surface area contributed by atoms with Crippen molar-refractivity contribution in [3.63, 3.8) is 0 Å². The van der Waals surface area contributed by atoms with Crippen molar-refractivity contribution in [1.29, 1.82) is 0 Å². The second-order valence-corrected chi connectivity index (χ2v) is 3.78. The van der Waals surface area contributed by atoms with Crippen molar-refractivity contribution >= 4 is 5.82 Å². The predicted molar refractivity (Wildman–Crippen MR) is 53.6 cm³/mol. The fourth-order valence-corrected chi connectivity index (χ4v) is 1.47. The minimum atomic E-state index is 0.504. The summed E-state index contributed by atoms with van der Waals surface area (Å²) in [4.78, 5) is 8.59. The number of ether oxygens (including phenoxy) is 1. The maximum atomic E-state index is 5.68. The van der Waals surface area contributed by atoms with Gasteiger partial charge in [-0.1, -0.05) is 0 Å². The van der Waals surface area contributed by atoms with E-state index in [4.69, 9.17) is 10.5 Å². The lowest BCUT2D eigenvalue weighted by molar-refractivity contribution is 0.181. The molecule has 4 nitrogen and oxygen atoms in total. The summed E-state index contributed by atoms with van der Waals surface area (Å²) in [5, 5.41) is 0. The van der Waals surface area contributed by atoms with Crippen LogP contribution < -0.4 is 5.73 Å². The van der Waals surface area contributed by atoms with E-state index in [0.29, 0.717) is 12.4 Å². The molecule has 0 spiro atoms. The van der Waals surface area contributed by atoms with Crippen molar-refractivity contribution < 1.29 is 4.74 Å². The van der Waals surface area contributed by atoms with Gasteiger partial charge in [0, 0.05) is 19.6 Å². The Kier molecular flexibility index (Phi) is 2.63. The van der Waals surface area contributed by atoms with Crippen molar-refractivity contribution in [2.45, 2.75) is 25.9 Å². The zero-order valence-corrected chi connectivity index (χ0v) is 8.36. The van der Waals surface area contributed by atoms with E-state index < -0.39 is 0 Å². The Balaban J connectivity index is 2.12. The van der Waals surface area contributed by atoms with Crippen LogP contribution in [0.15, 0.2) is 6.07 Å².